The monoisotopic (exact) mass is 389 g/mol. The van der Waals surface area contributed by atoms with Crippen LogP contribution in [0.3, 0.4) is 0 Å². The van der Waals surface area contributed by atoms with Crippen LogP contribution in [0.2, 0.25) is 0 Å². The van der Waals surface area contributed by atoms with Crippen LogP contribution >= 0.6 is 12.2 Å². The Balaban J connectivity index is 1.36. The lowest BCUT2D eigenvalue weighted by Gasteiger charge is -2.36. The van der Waals surface area contributed by atoms with Crippen molar-refractivity contribution >= 4 is 33.8 Å². The van der Waals surface area contributed by atoms with E-state index < -0.39 is 0 Å². The molecule has 0 atom stereocenters. The number of rotatable bonds is 3. The summed E-state index contributed by atoms with van der Waals surface area (Å²) in [6.07, 6.45) is 0. The van der Waals surface area contributed by atoms with Gasteiger partial charge in [0.2, 0.25) is 0 Å². The molecule has 1 aliphatic rings. The Morgan fingerprint density at radius 1 is 0.929 bits per heavy atom. The average Bonchev–Trinajstić information content (AvgIpc) is 2.71. The quantitative estimate of drug-likeness (QED) is 0.637. The number of hydrogen-bond donors (Lipinski definition) is 1. The van der Waals surface area contributed by atoms with E-state index in [0.29, 0.717) is 0 Å². The minimum absolute atomic E-state index is 0.830. The van der Waals surface area contributed by atoms with E-state index in [-0.39, 0.29) is 0 Å². The predicted octanol–water partition coefficient (Wildman–Crippen LogP) is 4.97. The molecular weight excluding hydrogens is 362 g/mol. The first-order valence-electron chi connectivity index (χ1n) is 9.92. The molecule has 0 unspecified atom stereocenters. The Morgan fingerprint density at radius 2 is 1.68 bits per heavy atom. The van der Waals surface area contributed by atoms with Crippen LogP contribution in [-0.4, -0.2) is 41.1 Å². The van der Waals surface area contributed by atoms with Gasteiger partial charge in [0.05, 0.1) is 0 Å². The molecular formula is C24H27N3S. The Bertz CT molecular complexity index is 985. The first-order valence-corrected chi connectivity index (χ1v) is 10.3. The Morgan fingerprint density at radius 3 is 2.46 bits per heavy atom. The van der Waals surface area contributed by atoms with Crippen molar-refractivity contribution in [2.45, 2.75) is 20.4 Å². The summed E-state index contributed by atoms with van der Waals surface area (Å²) in [7, 11) is 0. The molecule has 0 bridgehead atoms. The molecule has 3 aromatic carbocycles. The van der Waals surface area contributed by atoms with E-state index in [0.717, 1.165) is 43.5 Å². The second kappa shape index (κ2) is 8.29. The molecule has 4 rings (SSSR count). The van der Waals surface area contributed by atoms with Crippen molar-refractivity contribution in [1.29, 1.82) is 0 Å². The zero-order valence-electron chi connectivity index (χ0n) is 16.6. The molecule has 1 saturated heterocycles. The SMILES string of the molecule is Cc1ccc(NC(=S)N2CCN(Cc3cccc4ccccc34)CC2)c(C)c1. The highest BCUT2D eigenvalue weighted by Gasteiger charge is 2.20. The van der Waals surface area contributed by atoms with Gasteiger partial charge in [-0.25, -0.2) is 0 Å². The zero-order chi connectivity index (χ0) is 19.5. The lowest BCUT2D eigenvalue weighted by atomic mass is 10.0. The minimum atomic E-state index is 0.830. The molecule has 0 amide bonds. The lowest BCUT2D eigenvalue weighted by Crippen LogP contribution is -2.49. The van der Waals surface area contributed by atoms with Gasteiger partial charge in [0.25, 0.3) is 0 Å². The number of piperazine rings is 1. The number of aryl methyl sites for hydroxylation is 2. The summed E-state index contributed by atoms with van der Waals surface area (Å²) in [5.41, 5.74) is 5.02. The van der Waals surface area contributed by atoms with Crippen LogP contribution in [0.5, 0.6) is 0 Å². The molecule has 1 N–H and O–H groups in total. The Labute approximate surface area is 173 Å². The second-order valence-corrected chi connectivity index (χ2v) is 8.04. The lowest BCUT2D eigenvalue weighted by molar-refractivity contribution is 0.177. The summed E-state index contributed by atoms with van der Waals surface area (Å²) in [6.45, 7) is 9.20. The number of benzene rings is 3. The normalized spacial score (nSPS) is 15.0. The largest absolute Gasteiger partial charge is 0.346 e. The Hall–Kier alpha value is -2.43. The topological polar surface area (TPSA) is 18.5 Å². The van der Waals surface area contributed by atoms with E-state index >= 15 is 0 Å². The molecule has 0 saturated carbocycles. The minimum Gasteiger partial charge on any atom is -0.346 e. The van der Waals surface area contributed by atoms with Gasteiger partial charge in [-0.1, -0.05) is 60.2 Å². The molecule has 0 aromatic heterocycles. The van der Waals surface area contributed by atoms with Gasteiger partial charge in [0.1, 0.15) is 0 Å². The number of nitrogens with zero attached hydrogens (tertiary/aromatic N) is 2. The van der Waals surface area contributed by atoms with Crippen LogP contribution in [0, 0.1) is 13.8 Å². The maximum absolute atomic E-state index is 5.68. The van der Waals surface area contributed by atoms with Crippen molar-refractivity contribution in [3.05, 3.63) is 77.4 Å². The van der Waals surface area contributed by atoms with E-state index in [9.17, 15) is 0 Å². The molecule has 0 radical (unpaired) electrons. The molecule has 144 valence electrons. The fourth-order valence-electron chi connectivity index (χ4n) is 3.93. The van der Waals surface area contributed by atoms with Gasteiger partial charge in [0, 0.05) is 38.4 Å². The van der Waals surface area contributed by atoms with E-state index in [2.05, 4.69) is 89.6 Å². The molecule has 4 heteroatoms. The summed E-state index contributed by atoms with van der Waals surface area (Å²) in [4.78, 5) is 4.81. The summed E-state index contributed by atoms with van der Waals surface area (Å²) in [5, 5.41) is 6.94. The van der Waals surface area contributed by atoms with Crippen molar-refractivity contribution in [3.8, 4) is 0 Å². The first kappa shape index (κ1) is 18.9. The summed E-state index contributed by atoms with van der Waals surface area (Å²) in [5.74, 6) is 0. The summed E-state index contributed by atoms with van der Waals surface area (Å²) >= 11 is 5.68. The fraction of sp³-hybridized carbons (Fsp3) is 0.292. The van der Waals surface area contributed by atoms with Crippen molar-refractivity contribution in [3.63, 3.8) is 0 Å². The Kier molecular flexibility index (Phi) is 5.60. The molecule has 0 spiro atoms. The molecule has 1 aliphatic heterocycles. The van der Waals surface area contributed by atoms with Crippen molar-refractivity contribution < 1.29 is 0 Å². The standard InChI is InChI=1S/C24H27N3S/c1-18-10-11-23(19(2)16-18)25-24(28)27-14-12-26(13-15-27)17-21-8-5-7-20-6-3-4-9-22(20)21/h3-11,16H,12-15,17H2,1-2H3,(H,25,28). The van der Waals surface area contributed by atoms with Crippen LogP contribution in [0.4, 0.5) is 5.69 Å². The third kappa shape index (κ3) is 4.18. The fourth-order valence-corrected chi connectivity index (χ4v) is 4.22. The second-order valence-electron chi connectivity index (χ2n) is 7.65. The zero-order valence-corrected chi connectivity index (χ0v) is 17.4. The van der Waals surface area contributed by atoms with Crippen LogP contribution < -0.4 is 5.32 Å². The highest BCUT2D eigenvalue weighted by molar-refractivity contribution is 7.80. The van der Waals surface area contributed by atoms with Gasteiger partial charge in [-0.3, -0.25) is 4.90 Å². The van der Waals surface area contributed by atoms with E-state index in [1.165, 1.54) is 27.5 Å². The first-order chi connectivity index (χ1) is 13.6. The summed E-state index contributed by atoms with van der Waals surface area (Å²) in [6, 6.07) is 21.7. The molecule has 1 fully saturated rings. The molecule has 0 aliphatic carbocycles. The number of thiocarbonyl (C=S) groups is 1. The number of anilines is 1. The molecule has 1 heterocycles. The van der Waals surface area contributed by atoms with Crippen LogP contribution in [0.1, 0.15) is 16.7 Å². The van der Waals surface area contributed by atoms with Crippen LogP contribution in [-0.2, 0) is 6.54 Å². The van der Waals surface area contributed by atoms with Gasteiger partial charge in [0.15, 0.2) is 5.11 Å². The van der Waals surface area contributed by atoms with Gasteiger partial charge in [-0.15, -0.1) is 0 Å². The molecule has 3 nitrogen and oxygen atoms in total. The van der Waals surface area contributed by atoms with Crippen molar-refractivity contribution in [2.24, 2.45) is 0 Å². The number of fused-ring (bicyclic) bond motifs is 1. The maximum Gasteiger partial charge on any atom is 0.173 e. The van der Waals surface area contributed by atoms with Crippen molar-refractivity contribution in [1.82, 2.24) is 9.80 Å². The van der Waals surface area contributed by atoms with Crippen molar-refractivity contribution in [2.75, 3.05) is 31.5 Å². The maximum atomic E-state index is 5.68. The summed E-state index contributed by atoms with van der Waals surface area (Å²) < 4.78 is 0. The highest BCUT2D eigenvalue weighted by Crippen LogP contribution is 2.21. The van der Waals surface area contributed by atoms with Crippen LogP contribution in [0.15, 0.2) is 60.7 Å². The van der Waals surface area contributed by atoms with Gasteiger partial charge < -0.3 is 10.2 Å². The highest BCUT2D eigenvalue weighted by atomic mass is 32.1. The van der Waals surface area contributed by atoms with Gasteiger partial charge >= 0.3 is 0 Å². The average molecular weight is 390 g/mol. The van der Waals surface area contributed by atoms with E-state index in [1.54, 1.807) is 0 Å². The smallest absolute Gasteiger partial charge is 0.173 e. The van der Waals surface area contributed by atoms with E-state index in [1.807, 2.05) is 0 Å². The van der Waals surface area contributed by atoms with Gasteiger partial charge in [-0.05, 0) is 54.0 Å². The predicted molar refractivity (Wildman–Crippen MR) is 123 cm³/mol. The third-order valence-electron chi connectivity index (χ3n) is 5.56. The van der Waals surface area contributed by atoms with Crippen LogP contribution in [0.25, 0.3) is 10.8 Å². The third-order valence-corrected chi connectivity index (χ3v) is 5.92. The number of hydrogen-bond acceptors (Lipinski definition) is 2. The van der Waals surface area contributed by atoms with E-state index in [4.69, 9.17) is 12.2 Å². The number of nitrogens with one attached hydrogen (secondary N) is 1. The molecule has 28 heavy (non-hydrogen) atoms. The molecule has 3 aromatic rings. The van der Waals surface area contributed by atoms with Gasteiger partial charge in [-0.2, -0.15) is 0 Å².